The first kappa shape index (κ1) is 8.53. The highest BCUT2D eigenvalue weighted by Gasteiger charge is 2.19. The third-order valence-electron chi connectivity index (χ3n) is 1.77. The zero-order chi connectivity index (χ0) is 8.27. The molecule has 1 saturated heterocycles. The van der Waals surface area contributed by atoms with Crippen LogP contribution in [0.1, 0.15) is 20.3 Å². The monoisotopic (exact) mass is 157 g/mol. The number of esters is 1. The summed E-state index contributed by atoms with van der Waals surface area (Å²) in [6.45, 7) is 5.49. The van der Waals surface area contributed by atoms with Crippen molar-refractivity contribution < 1.29 is 9.53 Å². The van der Waals surface area contributed by atoms with E-state index in [0.717, 1.165) is 19.5 Å². The fraction of sp³-hybridized carbons (Fsp3) is 0.875. The quantitative estimate of drug-likeness (QED) is 0.595. The zero-order valence-electron chi connectivity index (χ0n) is 7.09. The Morgan fingerprint density at radius 1 is 1.64 bits per heavy atom. The molecule has 0 amide bonds. The number of ether oxygens (including phenoxy) is 1. The molecule has 11 heavy (non-hydrogen) atoms. The molecular formula is C8H15NO2. The van der Waals surface area contributed by atoms with Crippen LogP contribution in [0.2, 0.25) is 0 Å². The van der Waals surface area contributed by atoms with E-state index < -0.39 is 0 Å². The molecule has 0 spiro atoms. The van der Waals surface area contributed by atoms with Gasteiger partial charge in [0.15, 0.2) is 0 Å². The molecule has 1 aliphatic heterocycles. The van der Waals surface area contributed by atoms with Gasteiger partial charge in [-0.05, 0) is 13.0 Å². The lowest BCUT2D eigenvalue weighted by Gasteiger charge is -2.11. The van der Waals surface area contributed by atoms with Gasteiger partial charge in [-0.15, -0.1) is 0 Å². The molecule has 1 fully saturated rings. The Kier molecular flexibility index (Phi) is 2.88. The van der Waals surface area contributed by atoms with Crippen LogP contribution in [0, 0.1) is 5.92 Å². The third kappa shape index (κ3) is 2.50. The number of carbonyl (C=O) groups excluding carboxylic acids is 1. The summed E-state index contributed by atoms with van der Waals surface area (Å²) in [6, 6.07) is 0. The molecule has 1 atom stereocenters. The van der Waals surface area contributed by atoms with Crippen molar-refractivity contribution in [2.75, 3.05) is 13.1 Å². The first-order valence-electron chi connectivity index (χ1n) is 4.11. The van der Waals surface area contributed by atoms with E-state index in [1.165, 1.54) is 0 Å². The van der Waals surface area contributed by atoms with Crippen LogP contribution in [0.5, 0.6) is 0 Å². The SMILES string of the molecule is CC(C)C(=O)OC1CCNC1. The molecule has 0 aromatic heterocycles. The van der Waals surface area contributed by atoms with Crippen LogP contribution in [-0.4, -0.2) is 25.2 Å². The maximum absolute atomic E-state index is 11.0. The van der Waals surface area contributed by atoms with Crippen molar-refractivity contribution in [3.05, 3.63) is 0 Å². The standard InChI is InChI=1S/C8H15NO2/c1-6(2)8(10)11-7-3-4-9-5-7/h6-7,9H,3-5H2,1-2H3. The fourth-order valence-corrected chi connectivity index (χ4v) is 1.03. The van der Waals surface area contributed by atoms with Crippen molar-refractivity contribution >= 4 is 5.97 Å². The lowest BCUT2D eigenvalue weighted by molar-refractivity contribution is -0.151. The summed E-state index contributed by atoms with van der Waals surface area (Å²) in [5.74, 6) is -0.0886. The van der Waals surface area contributed by atoms with Gasteiger partial charge in [0.1, 0.15) is 6.10 Å². The minimum absolute atomic E-state index is 0.00407. The number of rotatable bonds is 2. The van der Waals surface area contributed by atoms with Crippen molar-refractivity contribution in [1.29, 1.82) is 0 Å². The predicted octanol–water partition coefficient (Wildman–Crippen LogP) is 0.547. The molecule has 1 N–H and O–H groups in total. The molecule has 0 aliphatic carbocycles. The van der Waals surface area contributed by atoms with Gasteiger partial charge >= 0.3 is 5.97 Å². The Hall–Kier alpha value is -0.570. The van der Waals surface area contributed by atoms with E-state index in [-0.39, 0.29) is 18.0 Å². The van der Waals surface area contributed by atoms with E-state index >= 15 is 0 Å². The summed E-state index contributed by atoms with van der Waals surface area (Å²) >= 11 is 0. The lowest BCUT2D eigenvalue weighted by atomic mass is 10.2. The van der Waals surface area contributed by atoms with E-state index in [0.29, 0.717) is 0 Å². The minimum Gasteiger partial charge on any atom is -0.461 e. The van der Waals surface area contributed by atoms with E-state index in [2.05, 4.69) is 5.32 Å². The molecule has 1 heterocycles. The van der Waals surface area contributed by atoms with Crippen LogP contribution < -0.4 is 5.32 Å². The Labute approximate surface area is 67.1 Å². The average Bonchev–Trinajstić information content (AvgIpc) is 2.39. The van der Waals surface area contributed by atoms with Crippen LogP contribution in [0.15, 0.2) is 0 Å². The van der Waals surface area contributed by atoms with Gasteiger partial charge in [-0.1, -0.05) is 13.8 Å². The molecule has 3 heteroatoms. The van der Waals surface area contributed by atoms with Crippen molar-refractivity contribution in [3.8, 4) is 0 Å². The van der Waals surface area contributed by atoms with Crippen LogP contribution >= 0.6 is 0 Å². The van der Waals surface area contributed by atoms with Gasteiger partial charge in [-0.2, -0.15) is 0 Å². The van der Waals surface area contributed by atoms with Crippen molar-refractivity contribution in [2.45, 2.75) is 26.4 Å². The van der Waals surface area contributed by atoms with E-state index in [1.54, 1.807) is 0 Å². The van der Waals surface area contributed by atoms with E-state index in [1.807, 2.05) is 13.8 Å². The van der Waals surface area contributed by atoms with Crippen LogP contribution in [-0.2, 0) is 9.53 Å². The predicted molar refractivity (Wildman–Crippen MR) is 42.2 cm³/mol. The summed E-state index contributed by atoms with van der Waals surface area (Å²) in [4.78, 5) is 11.0. The van der Waals surface area contributed by atoms with Gasteiger partial charge in [-0.25, -0.2) is 0 Å². The number of hydrogen-bond donors (Lipinski definition) is 1. The van der Waals surface area contributed by atoms with Gasteiger partial charge in [-0.3, -0.25) is 4.79 Å². The minimum atomic E-state index is -0.0845. The largest absolute Gasteiger partial charge is 0.461 e. The Balaban J connectivity index is 2.24. The highest BCUT2D eigenvalue weighted by molar-refractivity contribution is 5.71. The molecule has 1 rings (SSSR count). The first-order valence-corrected chi connectivity index (χ1v) is 4.11. The number of carbonyl (C=O) groups is 1. The van der Waals surface area contributed by atoms with Gasteiger partial charge < -0.3 is 10.1 Å². The van der Waals surface area contributed by atoms with Crippen molar-refractivity contribution in [2.24, 2.45) is 5.92 Å². The fourth-order valence-electron chi connectivity index (χ4n) is 1.03. The number of nitrogens with one attached hydrogen (secondary N) is 1. The molecule has 0 radical (unpaired) electrons. The maximum Gasteiger partial charge on any atom is 0.308 e. The van der Waals surface area contributed by atoms with Crippen molar-refractivity contribution in [1.82, 2.24) is 5.32 Å². The lowest BCUT2D eigenvalue weighted by Crippen LogP contribution is -2.23. The Morgan fingerprint density at radius 2 is 2.36 bits per heavy atom. The second kappa shape index (κ2) is 3.72. The third-order valence-corrected chi connectivity index (χ3v) is 1.77. The second-order valence-electron chi connectivity index (χ2n) is 3.21. The molecule has 0 aromatic carbocycles. The van der Waals surface area contributed by atoms with E-state index in [4.69, 9.17) is 4.74 Å². The summed E-state index contributed by atoms with van der Waals surface area (Å²) in [7, 11) is 0. The van der Waals surface area contributed by atoms with Gasteiger partial charge in [0.25, 0.3) is 0 Å². The maximum atomic E-state index is 11.0. The van der Waals surface area contributed by atoms with Crippen LogP contribution in [0.4, 0.5) is 0 Å². The highest BCUT2D eigenvalue weighted by atomic mass is 16.5. The van der Waals surface area contributed by atoms with Crippen molar-refractivity contribution in [3.63, 3.8) is 0 Å². The first-order chi connectivity index (χ1) is 5.20. The molecule has 0 aromatic rings. The normalized spacial score (nSPS) is 24.1. The smallest absolute Gasteiger partial charge is 0.308 e. The summed E-state index contributed by atoms with van der Waals surface area (Å²) in [5, 5.41) is 3.14. The zero-order valence-corrected chi connectivity index (χ0v) is 7.09. The second-order valence-corrected chi connectivity index (χ2v) is 3.21. The van der Waals surface area contributed by atoms with E-state index in [9.17, 15) is 4.79 Å². The van der Waals surface area contributed by atoms with Crippen LogP contribution in [0.25, 0.3) is 0 Å². The highest BCUT2D eigenvalue weighted by Crippen LogP contribution is 2.06. The summed E-state index contributed by atoms with van der Waals surface area (Å²) < 4.78 is 5.17. The summed E-state index contributed by atoms with van der Waals surface area (Å²) in [5.41, 5.74) is 0. The average molecular weight is 157 g/mol. The molecule has 0 saturated carbocycles. The summed E-state index contributed by atoms with van der Waals surface area (Å²) in [6.07, 6.45) is 1.07. The molecule has 64 valence electrons. The topological polar surface area (TPSA) is 38.3 Å². The molecule has 0 bridgehead atoms. The van der Waals surface area contributed by atoms with Gasteiger partial charge in [0.05, 0.1) is 5.92 Å². The van der Waals surface area contributed by atoms with Crippen LogP contribution in [0.3, 0.4) is 0 Å². The molecule has 1 aliphatic rings. The molecule has 1 unspecified atom stereocenters. The molecular weight excluding hydrogens is 142 g/mol. The Morgan fingerprint density at radius 3 is 2.82 bits per heavy atom. The van der Waals surface area contributed by atoms with Gasteiger partial charge in [0, 0.05) is 6.54 Å². The number of hydrogen-bond acceptors (Lipinski definition) is 3. The Bertz CT molecular complexity index is 139. The van der Waals surface area contributed by atoms with Gasteiger partial charge in [0.2, 0.25) is 0 Å². The molecule has 3 nitrogen and oxygen atoms in total.